The molecule has 0 saturated carbocycles. The summed E-state index contributed by atoms with van der Waals surface area (Å²) in [4.78, 5) is 26.1. The fraction of sp³-hybridized carbons (Fsp3) is 0.176. The topological polar surface area (TPSA) is 63.4 Å². The molecule has 2 aromatic carbocycles. The fourth-order valence-corrected chi connectivity index (χ4v) is 2.74. The van der Waals surface area contributed by atoms with Gasteiger partial charge in [-0.3, -0.25) is 14.5 Å². The first-order valence-corrected chi connectivity index (χ1v) is 6.90. The summed E-state index contributed by atoms with van der Waals surface area (Å²) in [6.45, 7) is 1.87. The highest BCUT2D eigenvalue weighted by Gasteiger charge is 2.38. The molecule has 2 amide bonds. The minimum atomic E-state index is -0.234. The number of fused-ring (bicyclic) bond motifs is 1. The predicted molar refractivity (Wildman–Crippen MR) is 88.2 cm³/mol. The SMILES string of the molecule is C[C@@H](Cc1ccccc1N)N1C(=O)c2ccccc2C1=O.Cl. The van der Waals surface area contributed by atoms with Crippen molar-refractivity contribution < 1.29 is 9.59 Å². The Kier molecular flexibility index (Phi) is 4.52. The summed E-state index contributed by atoms with van der Waals surface area (Å²) in [5.74, 6) is -0.449. The maximum Gasteiger partial charge on any atom is 0.261 e. The number of benzene rings is 2. The molecule has 2 aromatic rings. The maximum absolute atomic E-state index is 12.4. The lowest BCUT2D eigenvalue weighted by Crippen LogP contribution is -2.39. The number of nitrogen functional groups attached to an aromatic ring is 1. The number of imide groups is 1. The molecule has 0 bridgehead atoms. The molecule has 0 spiro atoms. The number of amides is 2. The van der Waals surface area contributed by atoms with Gasteiger partial charge in [-0.2, -0.15) is 0 Å². The van der Waals surface area contributed by atoms with Crippen molar-refractivity contribution >= 4 is 29.9 Å². The van der Waals surface area contributed by atoms with Crippen LogP contribution in [0.25, 0.3) is 0 Å². The van der Waals surface area contributed by atoms with Gasteiger partial charge in [-0.25, -0.2) is 0 Å². The molecule has 1 heterocycles. The number of rotatable bonds is 3. The zero-order valence-corrected chi connectivity index (χ0v) is 13.0. The normalized spacial score (nSPS) is 14.5. The second kappa shape index (κ2) is 6.20. The van der Waals surface area contributed by atoms with E-state index in [1.807, 2.05) is 31.2 Å². The Balaban J connectivity index is 0.00000176. The Morgan fingerprint density at radius 1 is 0.955 bits per heavy atom. The largest absolute Gasteiger partial charge is 0.399 e. The molecule has 114 valence electrons. The number of hydrogen-bond donors (Lipinski definition) is 1. The van der Waals surface area contributed by atoms with Crippen molar-refractivity contribution in [2.75, 3.05) is 5.73 Å². The van der Waals surface area contributed by atoms with Crippen molar-refractivity contribution in [3.05, 3.63) is 65.2 Å². The van der Waals surface area contributed by atoms with Crippen molar-refractivity contribution in [3.8, 4) is 0 Å². The molecular formula is C17H17ClN2O2. The van der Waals surface area contributed by atoms with Gasteiger partial charge in [0, 0.05) is 11.7 Å². The molecule has 4 nitrogen and oxygen atoms in total. The molecule has 0 saturated heterocycles. The lowest BCUT2D eigenvalue weighted by molar-refractivity contribution is 0.0597. The van der Waals surface area contributed by atoms with Gasteiger partial charge in [0.15, 0.2) is 0 Å². The molecule has 3 rings (SSSR count). The number of carbonyl (C=O) groups excluding carboxylic acids is 2. The van der Waals surface area contributed by atoms with E-state index in [1.165, 1.54) is 4.90 Å². The number of hydrogen-bond acceptors (Lipinski definition) is 3. The van der Waals surface area contributed by atoms with E-state index in [0.717, 1.165) is 5.56 Å². The van der Waals surface area contributed by atoms with Crippen LogP contribution in [0.5, 0.6) is 0 Å². The van der Waals surface area contributed by atoms with E-state index in [0.29, 0.717) is 23.2 Å². The van der Waals surface area contributed by atoms with E-state index in [-0.39, 0.29) is 30.3 Å². The predicted octanol–water partition coefficient (Wildman–Crippen LogP) is 2.92. The van der Waals surface area contributed by atoms with Crippen molar-refractivity contribution in [3.63, 3.8) is 0 Å². The molecule has 22 heavy (non-hydrogen) atoms. The summed E-state index contributed by atoms with van der Waals surface area (Å²) in [5.41, 5.74) is 8.52. The van der Waals surface area contributed by atoms with Gasteiger partial charge in [-0.15, -0.1) is 12.4 Å². The molecule has 1 aliphatic rings. The molecule has 2 N–H and O–H groups in total. The molecule has 0 fully saturated rings. The van der Waals surface area contributed by atoms with Crippen molar-refractivity contribution in [1.82, 2.24) is 4.90 Å². The van der Waals surface area contributed by atoms with Crippen LogP contribution >= 0.6 is 12.4 Å². The average Bonchev–Trinajstić information content (AvgIpc) is 2.74. The molecule has 1 aliphatic heterocycles. The third-order valence-electron chi connectivity index (χ3n) is 3.84. The first-order valence-electron chi connectivity index (χ1n) is 6.90. The third kappa shape index (κ3) is 2.57. The lowest BCUT2D eigenvalue weighted by Gasteiger charge is -2.23. The fourth-order valence-electron chi connectivity index (χ4n) is 2.74. The number of carbonyl (C=O) groups is 2. The minimum absolute atomic E-state index is 0. The minimum Gasteiger partial charge on any atom is -0.399 e. The summed E-state index contributed by atoms with van der Waals surface area (Å²) >= 11 is 0. The van der Waals surface area contributed by atoms with Crippen molar-refractivity contribution in [2.45, 2.75) is 19.4 Å². The number of halogens is 1. The quantitative estimate of drug-likeness (QED) is 0.699. The van der Waals surface area contributed by atoms with Crippen LogP contribution in [0.15, 0.2) is 48.5 Å². The molecule has 0 aliphatic carbocycles. The van der Waals surface area contributed by atoms with Crippen LogP contribution < -0.4 is 5.73 Å². The monoisotopic (exact) mass is 316 g/mol. The van der Waals surface area contributed by atoms with Crippen LogP contribution in [0.4, 0.5) is 5.69 Å². The Labute approximate surface area is 135 Å². The number of nitrogens with two attached hydrogens (primary N) is 1. The first-order chi connectivity index (χ1) is 10.1. The van der Waals surface area contributed by atoms with E-state index < -0.39 is 0 Å². The summed E-state index contributed by atoms with van der Waals surface area (Å²) in [7, 11) is 0. The van der Waals surface area contributed by atoms with E-state index >= 15 is 0 Å². The zero-order valence-electron chi connectivity index (χ0n) is 12.2. The van der Waals surface area contributed by atoms with Gasteiger partial charge in [0.25, 0.3) is 11.8 Å². The van der Waals surface area contributed by atoms with Gasteiger partial charge in [-0.05, 0) is 37.1 Å². The van der Waals surface area contributed by atoms with Gasteiger partial charge < -0.3 is 5.73 Å². The van der Waals surface area contributed by atoms with E-state index in [4.69, 9.17) is 5.73 Å². The van der Waals surface area contributed by atoms with E-state index in [1.54, 1.807) is 24.3 Å². The summed E-state index contributed by atoms with van der Waals surface area (Å²) < 4.78 is 0. The standard InChI is InChI=1S/C17H16N2O2.ClH/c1-11(10-12-6-2-5-9-15(12)18)19-16(20)13-7-3-4-8-14(13)17(19)21;/h2-9,11H,10,18H2,1H3;1H/t11-;/m0./s1. The van der Waals surface area contributed by atoms with Gasteiger partial charge >= 0.3 is 0 Å². The van der Waals surface area contributed by atoms with E-state index in [2.05, 4.69) is 0 Å². The first kappa shape index (κ1) is 16.0. The second-order valence-corrected chi connectivity index (χ2v) is 5.28. The Hall–Kier alpha value is -2.33. The van der Waals surface area contributed by atoms with Gasteiger partial charge in [0.05, 0.1) is 11.1 Å². The lowest BCUT2D eigenvalue weighted by atomic mass is 10.0. The van der Waals surface area contributed by atoms with Crippen LogP contribution in [-0.4, -0.2) is 22.8 Å². The van der Waals surface area contributed by atoms with Gasteiger partial charge in [0.1, 0.15) is 0 Å². The van der Waals surface area contributed by atoms with E-state index in [9.17, 15) is 9.59 Å². The van der Waals surface area contributed by atoms with Crippen molar-refractivity contribution in [2.24, 2.45) is 0 Å². The molecule has 0 radical (unpaired) electrons. The van der Waals surface area contributed by atoms with Crippen LogP contribution in [0.2, 0.25) is 0 Å². The summed E-state index contributed by atoms with van der Waals surface area (Å²) in [6, 6.07) is 14.2. The van der Waals surface area contributed by atoms with Crippen LogP contribution in [0, 0.1) is 0 Å². The summed E-state index contributed by atoms with van der Waals surface area (Å²) in [5, 5.41) is 0. The second-order valence-electron chi connectivity index (χ2n) is 5.28. The van der Waals surface area contributed by atoms with Gasteiger partial charge in [0.2, 0.25) is 0 Å². The Morgan fingerprint density at radius 2 is 1.45 bits per heavy atom. The smallest absolute Gasteiger partial charge is 0.261 e. The highest BCUT2D eigenvalue weighted by atomic mass is 35.5. The van der Waals surface area contributed by atoms with Crippen LogP contribution in [0.1, 0.15) is 33.2 Å². The highest BCUT2D eigenvalue weighted by Crippen LogP contribution is 2.26. The molecule has 5 heteroatoms. The molecular weight excluding hydrogens is 300 g/mol. The number of nitrogens with zero attached hydrogens (tertiary/aromatic N) is 1. The van der Waals surface area contributed by atoms with Crippen LogP contribution in [0.3, 0.4) is 0 Å². The van der Waals surface area contributed by atoms with Crippen molar-refractivity contribution in [1.29, 1.82) is 0 Å². The van der Waals surface area contributed by atoms with Crippen LogP contribution in [-0.2, 0) is 6.42 Å². The highest BCUT2D eigenvalue weighted by molar-refractivity contribution is 6.21. The third-order valence-corrected chi connectivity index (χ3v) is 3.84. The Bertz CT molecular complexity index is 695. The Morgan fingerprint density at radius 3 is 2.00 bits per heavy atom. The zero-order chi connectivity index (χ0) is 15.0. The van der Waals surface area contributed by atoms with Gasteiger partial charge in [-0.1, -0.05) is 30.3 Å². The molecule has 0 aromatic heterocycles. The molecule has 1 atom stereocenters. The average molecular weight is 317 g/mol. The number of anilines is 1. The maximum atomic E-state index is 12.4. The molecule has 0 unspecified atom stereocenters. The number of para-hydroxylation sites is 1. The summed E-state index contributed by atoms with van der Waals surface area (Å²) in [6.07, 6.45) is 0.554.